The van der Waals surface area contributed by atoms with Gasteiger partial charge in [0, 0.05) is 44.2 Å². The maximum atomic E-state index is 12.7. The first-order valence-corrected chi connectivity index (χ1v) is 9.93. The first-order chi connectivity index (χ1) is 12.5. The van der Waals surface area contributed by atoms with Crippen molar-refractivity contribution in [1.29, 1.82) is 0 Å². The molecule has 26 heavy (non-hydrogen) atoms. The van der Waals surface area contributed by atoms with E-state index in [1.165, 1.54) is 5.56 Å². The quantitative estimate of drug-likeness (QED) is 0.851. The third-order valence-electron chi connectivity index (χ3n) is 5.52. The Balaban J connectivity index is 1.44. The van der Waals surface area contributed by atoms with Crippen LogP contribution in [0, 0.1) is 11.8 Å². The number of amides is 2. The maximum absolute atomic E-state index is 12.7. The van der Waals surface area contributed by atoms with Gasteiger partial charge in [-0.2, -0.15) is 0 Å². The summed E-state index contributed by atoms with van der Waals surface area (Å²) in [5.41, 5.74) is 2.37. The highest BCUT2D eigenvalue weighted by molar-refractivity contribution is 5.95. The maximum Gasteiger partial charge on any atom is 0.228 e. The van der Waals surface area contributed by atoms with Crippen molar-refractivity contribution in [2.75, 3.05) is 37.6 Å². The van der Waals surface area contributed by atoms with Gasteiger partial charge in [-0.05, 0) is 43.4 Å². The van der Waals surface area contributed by atoms with Gasteiger partial charge < -0.3 is 15.1 Å². The monoisotopic (exact) mass is 357 g/mol. The van der Waals surface area contributed by atoms with Gasteiger partial charge in [-0.3, -0.25) is 9.59 Å². The molecule has 0 aliphatic carbocycles. The van der Waals surface area contributed by atoms with E-state index in [1.54, 1.807) is 0 Å². The van der Waals surface area contributed by atoms with E-state index in [1.807, 2.05) is 30.9 Å². The molecule has 2 amide bonds. The van der Waals surface area contributed by atoms with Gasteiger partial charge in [0.1, 0.15) is 0 Å². The number of rotatable bonds is 6. The first-order valence-electron chi connectivity index (χ1n) is 9.93. The molecule has 1 aromatic carbocycles. The van der Waals surface area contributed by atoms with Crippen molar-refractivity contribution in [3.05, 3.63) is 29.8 Å². The van der Waals surface area contributed by atoms with Crippen molar-refractivity contribution in [2.24, 2.45) is 11.8 Å². The zero-order valence-electron chi connectivity index (χ0n) is 16.0. The van der Waals surface area contributed by atoms with Crippen molar-refractivity contribution in [3.63, 3.8) is 0 Å². The Morgan fingerprint density at radius 3 is 2.85 bits per heavy atom. The van der Waals surface area contributed by atoms with Gasteiger partial charge in [0.15, 0.2) is 0 Å². The normalized spacial score (nSPS) is 20.3. The largest absolute Gasteiger partial charge is 0.356 e. The second-order valence-corrected chi connectivity index (χ2v) is 7.88. The molecule has 5 heteroatoms. The lowest BCUT2D eigenvalue weighted by Gasteiger charge is -2.33. The van der Waals surface area contributed by atoms with Crippen LogP contribution in [-0.2, 0) is 16.0 Å². The molecular weight excluding hydrogens is 326 g/mol. The second kappa shape index (κ2) is 8.67. The average Bonchev–Trinajstić information content (AvgIpc) is 3.08. The second-order valence-electron chi connectivity index (χ2n) is 7.88. The third kappa shape index (κ3) is 4.64. The summed E-state index contributed by atoms with van der Waals surface area (Å²) in [6, 6.07) is 8.21. The number of nitrogens with zero attached hydrogens (tertiary/aromatic N) is 2. The third-order valence-corrected chi connectivity index (χ3v) is 5.52. The fourth-order valence-corrected chi connectivity index (χ4v) is 3.96. The van der Waals surface area contributed by atoms with E-state index in [2.05, 4.69) is 22.3 Å². The smallest absolute Gasteiger partial charge is 0.228 e. The number of benzene rings is 1. The van der Waals surface area contributed by atoms with Crippen LogP contribution in [0.1, 0.15) is 38.7 Å². The van der Waals surface area contributed by atoms with E-state index in [-0.39, 0.29) is 17.7 Å². The molecule has 2 heterocycles. The molecule has 1 aromatic rings. The van der Waals surface area contributed by atoms with Crippen molar-refractivity contribution in [2.45, 2.75) is 39.5 Å². The molecule has 1 unspecified atom stereocenters. The van der Waals surface area contributed by atoms with Crippen molar-refractivity contribution in [1.82, 2.24) is 10.2 Å². The molecule has 1 fully saturated rings. The van der Waals surface area contributed by atoms with Gasteiger partial charge in [-0.1, -0.05) is 32.0 Å². The molecule has 0 aromatic heterocycles. The predicted octanol–water partition coefficient (Wildman–Crippen LogP) is 2.45. The van der Waals surface area contributed by atoms with Gasteiger partial charge in [-0.15, -0.1) is 0 Å². The van der Waals surface area contributed by atoms with Crippen LogP contribution in [0.15, 0.2) is 24.3 Å². The Labute approximate surface area is 156 Å². The Bertz CT molecular complexity index is 644. The molecule has 2 aliphatic rings. The number of piperidine rings is 1. The molecule has 0 radical (unpaired) electrons. The van der Waals surface area contributed by atoms with Gasteiger partial charge in [-0.25, -0.2) is 0 Å². The fraction of sp³-hybridized carbons (Fsp3) is 0.619. The summed E-state index contributed by atoms with van der Waals surface area (Å²) in [5, 5.41) is 3.05. The van der Waals surface area contributed by atoms with Crippen LogP contribution < -0.4 is 10.2 Å². The molecule has 1 N–H and O–H groups in total. The predicted molar refractivity (Wildman–Crippen MR) is 104 cm³/mol. The highest BCUT2D eigenvalue weighted by Crippen LogP contribution is 2.28. The summed E-state index contributed by atoms with van der Waals surface area (Å²) in [4.78, 5) is 28.7. The van der Waals surface area contributed by atoms with E-state index in [0.717, 1.165) is 57.7 Å². The summed E-state index contributed by atoms with van der Waals surface area (Å²) in [7, 11) is 0. The lowest BCUT2D eigenvalue weighted by molar-refractivity contribution is -0.124. The van der Waals surface area contributed by atoms with E-state index in [4.69, 9.17) is 0 Å². The topological polar surface area (TPSA) is 52.7 Å². The van der Waals surface area contributed by atoms with Crippen molar-refractivity contribution < 1.29 is 9.59 Å². The number of nitrogens with one attached hydrogen (secondary N) is 1. The number of para-hydroxylation sites is 1. The van der Waals surface area contributed by atoms with E-state index in [9.17, 15) is 9.59 Å². The number of hydrogen-bond acceptors (Lipinski definition) is 3. The van der Waals surface area contributed by atoms with Crippen LogP contribution in [0.5, 0.6) is 0 Å². The molecule has 142 valence electrons. The summed E-state index contributed by atoms with van der Waals surface area (Å²) in [5.74, 6) is 0.889. The average molecular weight is 357 g/mol. The van der Waals surface area contributed by atoms with Gasteiger partial charge >= 0.3 is 0 Å². The van der Waals surface area contributed by atoms with E-state index < -0.39 is 0 Å². The lowest BCUT2D eigenvalue weighted by atomic mass is 9.97. The number of hydrogen-bond donors (Lipinski definition) is 1. The number of likely N-dealkylation sites (tertiary alicyclic amines) is 1. The highest BCUT2D eigenvalue weighted by Gasteiger charge is 2.26. The summed E-state index contributed by atoms with van der Waals surface area (Å²) < 4.78 is 0. The van der Waals surface area contributed by atoms with E-state index >= 15 is 0 Å². The Hall–Kier alpha value is -1.88. The van der Waals surface area contributed by atoms with Crippen LogP contribution in [0.2, 0.25) is 0 Å². The summed E-state index contributed by atoms with van der Waals surface area (Å²) >= 11 is 0. The number of carbonyl (C=O) groups is 2. The van der Waals surface area contributed by atoms with Gasteiger partial charge in [0.05, 0.1) is 0 Å². The van der Waals surface area contributed by atoms with Crippen molar-refractivity contribution >= 4 is 17.5 Å². The Morgan fingerprint density at radius 2 is 2.04 bits per heavy atom. The van der Waals surface area contributed by atoms with Crippen molar-refractivity contribution in [3.8, 4) is 0 Å². The molecule has 1 atom stereocenters. The Kier molecular flexibility index (Phi) is 6.30. The number of anilines is 1. The molecule has 3 rings (SSSR count). The minimum Gasteiger partial charge on any atom is -0.356 e. The van der Waals surface area contributed by atoms with Crippen LogP contribution in [0.3, 0.4) is 0 Å². The minimum atomic E-state index is 0.0376. The lowest BCUT2D eigenvalue weighted by Crippen LogP contribution is -2.43. The zero-order valence-corrected chi connectivity index (χ0v) is 16.0. The van der Waals surface area contributed by atoms with Crippen LogP contribution in [-0.4, -0.2) is 49.4 Å². The number of fused-ring (bicyclic) bond motifs is 1. The van der Waals surface area contributed by atoms with Crippen LogP contribution >= 0.6 is 0 Å². The molecular formula is C21H31N3O2. The summed E-state index contributed by atoms with van der Waals surface area (Å²) in [6.07, 6.45) is 3.83. The summed E-state index contributed by atoms with van der Waals surface area (Å²) in [6.45, 7) is 8.24. The zero-order chi connectivity index (χ0) is 18.5. The SMILES string of the molecule is CC(C)C(=O)NCC1CCCN(CCC(=O)N2CCc3ccccc32)C1. The van der Waals surface area contributed by atoms with Gasteiger partial charge in [0.2, 0.25) is 11.8 Å². The van der Waals surface area contributed by atoms with E-state index in [0.29, 0.717) is 12.3 Å². The first kappa shape index (κ1) is 18.9. The van der Waals surface area contributed by atoms with Crippen LogP contribution in [0.25, 0.3) is 0 Å². The van der Waals surface area contributed by atoms with Crippen LogP contribution in [0.4, 0.5) is 5.69 Å². The molecule has 2 aliphatic heterocycles. The highest BCUT2D eigenvalue weighted by atomic mass is 16.2. The fourth-order valence-electron chi connectivity index (χ4n) is 3.96. The standard InChI is InChI=1S/C21H31N3O2/c1-16(2)21(26)22-14-17-6-5-11-23(15-17)12-10-20(25)24-13-9-18-7-3-4-8-19(18)24/h3-4,7-8,16-17H,5-6,9-15H2,1-2H3,(H,22,26). The molecule has 0 spiro atoms. The molecule has 0 saturated carbocycles. The molecule has 5 nitrogen and oxygen atoms in total. The van der Waals surface area contributed by atoms with Gasteiger partial charge in [0.25, 0.3) is 0 Å². The number of carbonyl (C=O) groups excluding carboxylic acids is 2. The Morgan fingerprint density at radius 1 is 1.23 bits per heavy atom. The molecule has 1 saturated heterocycles. The minimum absolute atomic E-state index is 0.0376. The molecule has 0 bridgehead atoms.